The number of aromatic nitrogens is 4. The molecule has 2 aromatic heterocycles. The molecule has 0 bridgehead atoms. The Balaban J connectivity index is 1.44. The van der Waals surface area contributed by atoms with Gasteiger partial charge in [-0.3, -0.25) is 4.79 Å². The second kappa shape index (κ2) is 8.50. The van der Waals surface area contributed by atoms with Gasteiger partial charge in [0.25, 0.3) is 0 Å². The highest BCUT2D eigenvalue weighted by Gasteiger charge is 2.35. The van der Waals surface area contributed by atoms with Crippen LogP contribution in [-0.4, -0.2) is 62.7 Å². The summed E-state index contributed by atoms with van der Waals surface area (Å²) in [5.74, 6) is 0.337. The third-order valence-electron chi connectivity index (χ3n) is 5.33. The quantitative estimate of drug-likeness (QED) is 0.607. The van der Waals surface area contributed by atoms with Crippen LogP contribution in [0.15, 0.2) is 22.7 Å². The molecule has 1 saturated carbocycles. The Labute approximate surface area is 172 Å². The van der Waals surface area contributed by atoms with Crippen LogP contribution in [0.5, 0.6) is 0 Å². The van der Waals surface area contributed by atoms with E-state index in [4.69, 9.17) is 0 Å². The Kier molecular flexibility index (Phi) is 6.02. The van der Waals surface area contributed by atoms with E-state index < -0.39 is 9.84 Å². The molecule has 1 aliphatic heterocycles. The van der Waals surface area contributed by atoms with Gasteiger partial charge in [0.15, 0.2) is 9.84 Å². The highest BCUT2D eigenvalue weighted by molar-refractivity contribution is 7.99. The highest BCUT2D eigenvalue weighted by atomic mass is 32.2. The lowest BCUT2D eigenvalue weighted by Gasteiger charge is -2.27. The molecule has 0 radical (unpaired) electrons. The van der Waals surface area contributed by atoms with E-state index in [-0.39, 0.29) is 29.2 Å². The molecule has 1 aliphatic carbocycles. The molecule has 2 aromatic rings. The molecule has 11 heteroatoms. The number of hydrogen-bond donors (Lipinski definition) is 0. The predicted octanol–water partition coefficient (Wildman–Crippen LogP) is 2.16. The summed E-state index contributed by atoms with van der Waals surface area (Å²) < 4.78 is 25.7. The minimum absolute atomic E-state index is 0.0502. The molecule has 3 heterocycles. The van der Waals surface area contributed by atoms with Crippen LogP contribution in [0.25, 0.3) is 0 Å². The lowest BCUT2D eigenvalue weighted by molar-refractivity contribution is -0.130. The molecule has 0 N–H and O–H groups in total. The Morgan fingerprint density at radius 1 is 1.32 bits per heavy atom. The summed E-state index contributed by atoms with van der Waals surface area (Å²) in [5, 5.41) is 14.6. The zero-order chi connectivity index (χ0) is 19.6. The van der Waals surface area contributed by atoms with Gasteiger partial charge in [-0.25, -0.2) is 13.1 Å². The molecule has 152 valence electrons. The molecule has 4 rings (SSSR count). The Bertz CT molecular complexity index is 906. The van der Waals surface area contributed by atoms with E-state index >= 15 is 0 Å². The van der Waals surface area contributed by atoms with E-state index in [2.05, 4.69) is 15.5 Å². The molecule has 28 heavy (non-hydrogen) atoms. The Morgan fingerprint density at radius 3 is 2.82 bits per heavy atom. The second-order valence-electron chi connectivity index (χ2n) is 7.29. The van der Waals surface area contributed by atoms with Crippen LogP contribution in [0.4, 0.5) is 0 Å². The van der Waals surface area contributed by atoms with Gasteiger partial charge in [0.2, 0.25) is 11.1 Å². The van der Waals surface area contributed by atoms with Gasteiger partial charge in [-0.05, 0) is 41.1 Å². The minimum atomic E-state index is -3.06. The van der Waals surface area contributed by atoms with Crippen molar-refractivity contribution in [2.24, 2.45) is 0 Å². The van der Waals surface area contributed by atoms with E-state index in [0.717, 1.165) is 17.7 Å². The number of rotatable bonds is 7. The predicted molar refractivity (Wildman–Crippen MR) is 108 cm³/mol. The zero-order valence-electron chi connectivity index (χ0n) is 15.4. The fraction of sp³-hybridized carbons (Fsp3) is 0.647. The lowest BCUT2D eigenvalue weighted by atomic mass is 10.2. The molecule has 2 fully saturated rings. The largest absolute Gasteiger partial charge is 0.333 e. The third kappa shape index (κ3) is 4.57. The summed E-state index contributed by atoms with van der Waals surface area (Å²) in [6.45, 7) is 0.449. The maximum atomic E-state index is 13.0. The lowest BCUT2D eigenvalue weighted by Crippen LogP contribution is -2.41. The molecule has 0 spiro atoms. The first-order valence-corrected chi connectivity index (χ1v) is 13.1. The van der Waals surface area contributed by atoms with Crippen LogP contribution in [0, 0.1) is 0 Å². The average Bonchev–Trinajstić information content (AvgIpc) is 3.44. The number of carbonyl (C=O) groups excluding carboxylic acids is 1. The van der Waals surface area contributed by atoms with Crippen LogP contribution >= 0.6 is 23.1 Å². The summed E-state index contributed by atoms with van der Waals surface area (Å²) in [7, 11) is -3.06. The fourth-order valence-electron chi connectivity index (χ4n) is 3.88. The molecule has 1 unspecified atom stereocenters. The van der Waals surface area contributed by atoms with Crippen molar-refractivity contribution in [1.29, 1.82) is 0 Å². The van der Waals surface area contributed by atoms with Crippen LogP contribution in [0.1, 0.15) is 43.0 Å². The van der Waals surface area contributed by atoms with E-state index in [1.165, 1.54) is 24.6 Å². The van der Waals surface area contributed by atoms with Crippen molar-refractivity contribution >= 4 is 38.8 Å². The first kappa shape index (κ1) is 19.8. The minimum Gasteiger partial charge on any atom is -0.333 e. The summed E-state index contributed by atoms with van der Waals surface area (Å²) in [6.07, 6.45) is 4.99. The van der Waals surface area contributed by atoms with Gasteiger partial charge in [-0.15, -0.1) is 16.4 Å². The molecule has 8 nitrogen and oxygen atoms in total. The first-order valence-electron chi connectivity index (χ1n) is 9.45. The van der Waals surface area contributed by atoms with Crippen LogP contribution in [-0.2, 0) is 21.2 Å². The number of sulfone groups is 1. The molecular weight excluding hydrogens is 418 g/mol. The number of nitrogens with zero attached hydrogens (tertiary/aromatic N) is 5. The summed E-state index contributed by atoms with van der Waals surface area (Å²) in [5.41, 5.74) is 0. The Morgan fingerprint density at radius 2 is 2.14 bits per heavy atom. The molecular formula is C17H23N5O3S3. The van der Waals surface area contributed by atoms with E-state index in [9.17, 15) is 13.2 Å². The maximum Gasteiger partial charge on any atom is 0.233 e. The number of amides is 1. The Hall–Kier alpha value is -1.46. The van der Waals surface area contributed by atoms with Gasteiger partial charge in [0.05, 0.1) is 29.8 Å². The van der Waals surface area contributed by atoms with Gasteiger partial charge in [0.1, 0.15) is 0 Å². The number of thioether (sulfide) groups is 1. The first-order chi connectivity index (χ1) is 13.5. The van der Waals surface area contributed by atoms with Gasteiger partial charge in [0, 0.05) is 10.9 Å². The van der Waals surface area contributed by atoms with E-state index in [1.807, 2.05) is 22.2 Å². The molecule has 1 atom stereocenters. The second-order valence-corrected chi connectivity index (χ2v) is 11.5. The van der Waals surface area contributed by atoms with Crippen molar-refractivity contribution in [2.45, 2.75) is 55.9 Å². The molecule has 2 aliphatic rings. The third-order valence-corrected chi connectivity index (χ3v) is 8.86. The van der Waals surface area contributed by atoms with Gasteiger partial charge in [-0.1, -0.05) is 30.7 Å². The van der Waals surface area contributed by atoms with E-state index in [0.29, 0.717) is 24.2 Å². The maximum absolute atomic E-state index is 13.0. The number of tetrazole rings is 1. The van der Waals surface area contributed by atoms with Crippen molar-refractivity contribution in [3.8, 4) is 0 Å². The van der Waals surface area contributed by atoms with Gasteiger partial charge in [-0.2, -0.15) is 0 Å². The monoisotopic (exact) mass is 441 g/mol. The SMILES string of the molecule is O=C(CSc1nnnn1C1CCCC1)N(Cc1cccs1)C1CCS(=O)(=O)C1. The standard InChI is InChI=1S/C17H23N5O3S3/c23-16(11-27-17-18-19-20-22(17)13-4-1-2-5-13)21(10-15-6-3-8-26-15)14-7-9-28(24,25)12-14/h3,6,8,13-14H,1-2,4-5,7,9-12H2. The van der Waals surface area contributed by atoms with E-state index in [1.54, 1.807) is 16.2 Å². The van der Waals surface area contributed by atoms with Crippen molar-refractivity contribution in [1.82, 2.24) is 25.1 Å². The van der Waals surface area contributed by atoms with Crippen molar-refractivity contribution in [3.63, 3.8) is 0 Å². The van der Waals surface area contributed by atoms with Crippen molar-refractivity contribution < 1.29 is 13.2 Å². The average molecular weight is 442 g/mol. The summed E-state index contributed by atoms with van der Waals surface area (Å²) in [4.78, 5) is 15.8. The highest BCUT2D eigenvalue weighted by Crippen LogP contribution is 2.31. The number of hydrogen-bond acceptors (Lipinski definition) is 8. The summed E-state index contributed by atoms with van der Waals surface area (Å²) in [6, 6.07) is 3.97. The van der Waals surface area contributed by atoms with Crippen molar-refractivity contribution in [3.05, 3.63) is 22.4 Å². The fourth-order valence-corrected chi connectivity index (χ4v) is 7.14. The molecule has 1 saturated heterocycles. The van der Waals surface area contributed by atoms with Gasteiger partial charge >= 0.3 is 0 Å². The van der Waals surface area contributed by atoms with Gasteiger partial charge < -0.3 is 4.90 Å². The van der Waals surface area contributed by atoms with Crippen molar-refractivity contribution in [2.75, 3.05) is 17.3 Å². The zero-order valence-corrected chi connectivity index (χ0v) is 17.9. The van der Waals surface area contributed by atoms with Crippen LogP contribution < -0.4 is 0 Å². The number of thiophene rings is 1. The molecule has 0 aromatic carbocycles. The number of carbonyl (C=O) groups is 1. The normalized spacial score (nSPS) is 21.9. The summed E-state index contributed by atoms with van der Waals surface area (Å²) >= 11 is 2.91. The van der Waals surface area contributed by atoms with Crippen LogP contribution in [0.2, 0.25) is 0 Å². The molecule has 1 amide bonds. The van der Waals surface area contributed by atoms with Crippen LogP contribution in [0.3, 0.4) is 0 Å². The topological polar surface area (TPSA) is 98.1 Å². The smallest absolute Gasteiger partial charge is 0.233 e.